The number of nitriles is 1. The molecule has 0 saturated carbocycles. The number of hydrogen-bond acceptors (Lipinski definition) is 2. The van der Waals surface area contributed by atoms with Gasteiger partial charge in [0.05, 0.1) is 6.07 Å². The van der Waals surface area contributed by atoms with E-state index >= 15 is 0 Å². The molecule has 1 atom stereocenters. The zero-order chi connectivity index (χ0) is 9.52. The quantitative estimate of drug-likeness (QED) is 0.710. The molecule has 13 heavy (non-hydrogen) atoms. The van der Waals surface area contributed by atoms with Gasteiger partial charge in [0.15, 0.2) is 0 Å². The molecule has 0 aliphatic carbocycles. The molecular weight excluding hydrogens is 162 g/mol. The molecule has 0 amide bonds. The summed E-state index contributed by atoms with van der Waals surface area (Å²) in [5, 5.41) is 17.3. The Bertz CT molecular complexity index is 276. The molecule has 0 radical (unpaired) electrons. The molecule has 1 aromatic carbocycles. The lowest BCUT2D eigenvalue weighted by Crippen LogP contribution is -2.02. The number of aliphatic hydroxyl groups excluding tert-OH is 1. The highest BCUT2D eigenvalue weighted by molar-refractivity contribution is 5.14. The van der Waals surface area contributed by atoms with Gasteiger partial charge in [0, 0.05) is 0 Å². The molecule has 0 aromatic heterocycles. The van der Waals surface area contributed by atoms with Crippen molar-refractivity contribution in [3.05, 3.63) is 35.9 Å². The van der Waals surface area contributed by atoms with E-state index in [4.69, 9.17) is 10.4 Å². The first-order valence-electron chi connectivity index (χ1n) is 4.44. The van der Waals surface area contributed by atoms with Gasteiger partial charge < -0.3 is 5.11 Å². The Morgan fingerprint density at radius 2 is 2.00 bits per heavy atom. The van der Waals surface area contributed by atoms with E-state index in [-0.39, 0.29) is 0 Å². The van der Waals surface area contributed by atoms with Crippen molar-refractivity contribution >= 4 is 0 Å². The largest absolute Gasteiger partial charge is 0.378 e. The maximum absolute atomic E-state index is 8.97. The van der Waals surface area contributed by atoms with Crippen molar-refractivity contribution in [3.8, 4) is 6.07 Å². The minimum atomic E-state index is -0.802. The lowest BCUT2D eigenvalue weighted by molar-refractivity contribution is 0.216. The lowest BCUT2D eigenvalue weighted by atomic mass is 10.1. The summed E-state index contributed by atoms with van der Waals surface area (Å²) in [7, 11) is 0. The van der Waals surface area contributed by atoms with E-state index in [9.17, 15) is 0 Å². The first-order valence-corrected chi connectivity index (χ1v) is 4.44. The van der Waals surface area contributed by atoms with E-state index in [1.165, 1.54) is 5.56 Å². The number of hydrogen-bond donors (Lipinski definition) is 1. The summed E-state index contributed by atoms with van der Waals surface area (Å²) in [5.41, 5.74) is 1.26. The number of nitrogens with zero attached hydrogens (tertiary/aromatic N) is 1. The van der Waals surface area contributed by atoms with E-state index in [0.29, 0.717) is 6.42 Å². The Hall–Kier alpha value is -1.33. The molecule has 1 unspecified atom stereocenters. The van der Waals surface area contributed by atoms with Gasteiger partial charge in [-0.05, 0) is 24.8 Å². The molecule has 0 saturated heterocycles. The van der Waals surface area contributed by atoms with Gasteiger partial charge in [-0.1, -0.05) is 30.3 Å². The summed E-state index contributed by atoms with van der Waals surface area (Å²) < 4.78 is 0. The summed E-state index contributed by atoms with van der Waals surface area (Å²) in [5.74, 6) is 0. The highest BCUT2D eigenvalue weighted by Crippen LogP contribution is 2.05. The minimum absolute atomic E-state index is 0.561. The van der Waals surface area contributed by atoms with Gasteiger partial charge in [0.25, 0.3) is 0 Å². The normalized spacial score (nSPS) is 12.0. The minimum Gasteiger partial charge on any atom is -0.378 e. The molecule has 1 N–H and O–H groups in total. The van der Waals surface area contributed by atoms with Crippen LogP contribution >= 0.6 is 0 Å². The third kappa shape index (κ3) is 3.73. The molecule has 0 bridgehead atoms. The van der Waals surface area contributed by atoms with E-state index in [0.717, 1.165) is 12.8 Å². The Kier molecular flexibility index (Phi) is 4.01. The van der Waals surface area contributed by atoms with Gasteiger partial charge in [0.2, 0.25) is 0 Å². The fourth-order valence-electron chi connectivity index (χ4n) is 1.21. The molecule has 68 valence electrons. The molecule has 1 aromatic rings. The van der Waals surface area contributed by atoms with Crippen molar-refractivity contribution in [2.75, 3.05) is 0 Å². The van der Waals surface area contributed by atoms with Crippen LogP contribution in [-0.4, -0.2) is 11.2 Å². The number of rotatable bonds is 4. The van der Waals surface area contributed by atoms with Crippen LogP contribution in [0.1, 0.15) is 18.4 Å². The van der Waals surface area contributed by atoms with E-state index < -0.39 is 6.10 Å². The molecule has 2 nitrogen and oxygen atoms in total. The average molecular weight is 175 g/mol. The molecular formula is C11H13NO. The van der Waals surface area contributed by atoms with Crippen LogP contribution in [0.3, 0.4) is 0 Å². The predicted octanol–water partition coefficient (Wildman–Crippen LogP) is 1.89. The van der Waals surface area contributed by atoms with Gasteiger partial charge in [-0.2, -0.15) is 5.26 Å². The van der Waals surface area contributed by atoms with Crippen molar-refractivity contribution in [2.45, 2.75) is 25.4 Å². The van der Waals surface area contributed by atoms with Crippen molar-refractivity contribution in [2.24, 2.45) is 0 Å². The van der Waals surface area contributed by atoms with Crippen LogP contribution in [0.15, 0.2) is 30.3 Å². The number of benzene rings is 1. The fraction of sp³-hybridized carbons (Fsp3) is 0.364. The molecule has 0 heterocycles. The first-order chi connectivity index (χ1) is 6.33. The smallest absolute Gasteiger partial charge is 0.140 e. The van der Waals surface area contributed by atoms with Gasteiger partial charge in [-0.15, -0.1) is 0 Å². The van der Waals surface area contributed by atoms with E-state index in [1.807, 2.05) is 18.2 Å². The Morgan fingerprint density at radius 1 is 1.31 bits per heavy atom. The third-order valence-electron chi connectivity index (χ3n) is 1.93. The SMILES string of the molecule is N#CC(O)CCCc1ccccc1. The first kappa shape index (κ1) is 9.76. The molecule has 1 rings (SSSR count). The predicted molar refractivity (Wildman–Crippen MR) is 51.0 cm³/mol. The molecule has 0 aliphatic heterocycles. The molecule has 0 fully saturated rings. The van der Waals surface area contributed by atoms with Crippen LogP contribution in [0, 0.1) is 11.3 Å². The Labute approximate surface area is 78.4 Å². The Morgan fingerprint density at radius 3 is 2.62 bits per heavy atom. The van der Waals surface area contributed by atoms with Crippen molar-refractivity contribution in [3.63, 3.8) is 0 Å². The van der Waals surface area contributed by atoms with E-state index in [1.54, 1.807) is 6.07 Å². The van der Waals surface area contributed by atoms with Crippen LogP contribution in [0.25, 0.3) is 0 Å². The average Bonchev–Trinajstić information content (AvgIpc) is 2.19. The van der Waals surface area contributed by atoms with Crippen molar-refractivity contribution in [1.82, 2.24) is 0 Å². The maximum Gasteiger partial charge on any atom is 0.140 e. The maximum atomic E-state index is 8.97. The van der Waals surface area contributed by atoms with Gasteiger partial charge in [0.1, 0.15) is 6.10 Å². The summed E-state index contributed by atoms with van der Waals surface area (Å²) in [4.78, 5) is 0. The molecule has 0 aliphatic rings. The van der Waals surface area contributed by atoms with Crippen molar-refractivity contribution in [1.29, 1.82) is 5.26 Å². The zero-order valence-electron chi connectivity index (χ0n) is 7.48. The summed E-state index contributed by atoms with van der Waals surface area (Å²) in [6.07, 6.45) is 1.55. The second-order valence-electron chi connectivity index (χ2n) is 3.02. The van der Waals surface area contributed by atoms with Gasteiger partial charge in [-0.3, -0.25) is 0 Å². The van der Waals surface area contributed by atoms with Crippen LogP contribution < -0.4 is 0 Å². The van der Waals surface area contributed by atoms with Crippen LogP contribution in [-0.2, 0) is 6.42 Å². The highest BCUT2D eigenvalue weighted by atomic mass is 16.3. The summed E-state index contributed by atoms with van der Waals surface area (Å²) in [6.45, 7) is 0. The topological polar surface area (TPSA) is 44.0 Å². The summed E-state index contributed by atoms with van der Waals surface area (Å²) in [6, 6.07) is 11.9. The molecule has 0 spiro atoms. The zero-order valence-corrected chi connectivity index (χ0v) is 7.48. The Balaban J connectivity index is 2.25. The standard InChI is InChI=1S/C11H13NO/c12-9-11(13)8-4-7-10-5-2-1-3-6-10/h1-3,5-6,11,13H,4,7-8H2. The van der Waals surface area contributed by atoms with Crippen LogP contribution in [0.5, 0.6) is 0 Å². The monoisotopic (exact) mass is 175 g/mol. The second-order valence-corrected chi connectivity index (χ2v) is 3.02. The fourth-order valence-corrected chi connectivity index (χ4v) is 1.21. The van der Waals surface area contributed by atoms with Crippen LogP contribution in [0.4, 0.5) is 0 Å². The van der Waals surface area contributed by atoms with Crippen LogP contribution in [0.2, 0.25) is 0 Å². The number of aliphatic hydroxyl groups is 1. The van der Waals surface area contributed by atoms with E-state index in [2.05, 4.69) is 12.1 Å². The lowest BCUT2D eigenvalue weighted by Gasteiger charge is -2.01. The van der Waals surface area contributed by atoms with Gasteiger partial charge >= 0.3 is 0 Å². The number of aryl methyl sites for hydroxylation is 1. The third-order valence-corrected chi connectivity index (χ3v) is 1.93. The highest BCUT2D eigenvalue weighted by Gasteiger charge is 2.00. The van der Waals surface area contributed by atoms with Gasteiger partial charge in [-0.25, -0.2) is 0 Å². The molecule has 2 heteroatoms. The van der Waals surface area contributed by atoms with Crippen molar-refractivity contribution < 1.29 is 5.11 Å². The summed E-state index contributed by atoms with van der Waals surface area (Å²) >= 11 is 0. The second kappa shape index (κ2) is 5.34.